The van der Waals surface area contributed by atoms with Crippen molar-refractivity contribution in [1.82, 2.24) is 19.4 Å². The van der Waals surface area contributed by atoms with E-state index in [0.29, 0.717) is 18.3 Å². The molecule has 5 nitrogen and oxygen atoms in total. The summed E-state index contributed by atoms with van der Waals surface area (Å²) in [5.74, 6) is 0.874. The highest BCUT2D eigenvalue weighted by molar-refractivity contribution is 5.62. The first-order valence-corrected chi connectivity index (χ1v) is 7.41. The normalized spacial score (nSPS) is 10.9. The zero-order valence-corrected chi connectivity index (χ0v) is 12.6. The molecule has 3 heterocycles. The van der Waals surface area contributed by atoms with Crippen LogP contribution in [0, 0.1) is 5.82 Å². The molecule has 0 N–H and O–H groups in total. The highest BCUT2D eigenvalue weighted by Gasteiger charge is 2.06. The molecule has 0 bridgehead atoms. The molecule has 0 fully saturated rings. The molecule has 3 aromatic heterocycles. The zero-order chi connectivity index (χ0) is 16.4. The highest BCUT2D eigenvalue weighted by atomic mass is 19.1. The fourth-order valence-electron chi connectivity index (χ4n) is 2.38. The maximum absolute atomic E-state index is 13.0. The van der Waals surface area contributed by atoms with E-state index in [1.54, 1.807) is 30.6 Å². The Morgan fingerprint density at radius 3 is 2.62 bits per heavy atom. The lowest BCUT2D eigenvalue weighted by Gasteiger charge is -2.01. The Morgan fingerprint density at radius 1 is 0.958 bits per heavy atom. The molecule has 4 aromatic rings. The molecule has 0 aliphatic rings. The molecule has 0 radical (unpaired) electrons. The molecule has 6 heteroatoms. The SMILES string of the molecule is Fc1ccc(-c2cnc3nc(COc4ccccn4)cn3c2)cc1. The molecule has 4 rings (SSSR count). The van der Waals surface area contributed by atoms with E-state index in [9.17, 15) is 4.39 Å². The van der Waals surface area contributed by atoms with Crippen LogP contribution in [0.4, 0.5) is 4.39 Å². The summed E-state index contributed by atoms with van der Waals surface area (Å²) in [6.45, 7) is 0.312. The van der Waals surface area contributed by atoms with Crippen LogP contribution >= 0.6 is 0 Å². The third kappa shape index (κ3) is 2.94. The Balaban J connectivity index is 1.58. The van der Waals surface area contributed by atoms with Crippen LogP contribution in [-0.2, 0) is 6.61 Å². The molecule has 118 valence electrons. The minimum Gasteiger partial charge on any atom is -0.471 e. The van der Waals surface area contributed by atoms with Gasteiger partial charge in [-0.1, -0.05) is 18.2 Å². The van der Waals surface area contributed by atoms with E-state index in [1.165, 1.54) is 12.1 Å². The Kier molecular flexibility index (Phi) is 3.63. The summed E-state index contributed by atoms with van der Waals surface area (Å²) in [6, 6.07) is 11.8. The summed E-state index contributed by atoms with van der Waals surface area (Å²) in [4.78, 5) is 12.9. The summed E-state index contributed by atoms with van der Waals surface area (Å²) in [5.41, 5.74) is 2.53. The van der Waals surface area contributed by atoms with Gasteiger partial charge in [0.2, 0.25) is 11.7 Å². The minimum absolute atomic E-state index is 0.260. The summed E-state index contributed by atoms with van der Waals surface area (Å²) in [5, 5.41) is 0. The highest BCUT2D eigenvalue weighted by Crippen LogP contribution is 2.19. The van der Waals surface area contributed by atoms with Gasteiger partial charge in [0.05, 0.1) is 5.69 Å². The van der Waals surface area contributed by atoms with Crippen LogP contribution in [0.25, 0.3) is 16.9 Å². The molecular formula is C18H13FN4O. The first-order valence-electron chi connectivity index (χ1n) is 7.41. The summed E-state index contributed by atoms with van der Waals surface area (Å²) < 4.78 is 20.5. The lowest BCUT2D eigenvalue weighted by molar-refractivity contribution is 0.290. The largest absolute Gasteiger partial charge is 0.471 e. The van der Waals surface area contributed by atoms with Gasteiger partial charge in [-0.25, -0.2) is 19.3 Å². The van der Waals surface area contributed by atoms with E-state index in [-0.39, 0.29) is 5.82 Å². The van der Waals surface area contributed by atoms with Crippen molar-refractivity contribution in [3.05, 3.63) is 78.8 Å². The van der Waals surface area contributed by atoms with E-state index >= 15 is 0 Å². The first kappa shape index (κ1) is 14.3. The predicted molar refractivity (Wildman–Crippen MR) is 87.0 cm³/mol. The molecule has 0 amide bonds. The second-order valence-corrected chi connectivity index (χ2v) is 5.25. The molecule has 0 unspecified atom stereocenters. The van der Waals surface area contributed by atoms with Crippen molar-refractivity contribution >= 4 is 5.78 Å². The number of imidazole rings is 1. The molecule has 0 saturated carbocycles. The van der Waals surface area contributed by atoms with Gasteiger partial charge < -0.3 is 4.74 Å². The van der Waals surface area contributed by atoms with Crippen molar-refractivity contribution in [3.63, 3.8) is 0 Å². The van der Waals surface area contributed by atoms with Crippen molar-refractivity contribution in [2.75, 3.05) is 0 Å². The number of fused-ring (bicyclic) bond motifs is 1. The topological polar surface area (TPSA) is 52.3 Å². The second kappa shape index (κ2) is 6.08. The van der Waals surface area contributed by atoms with Crippen LogP contribution in [0.5, 0.6) is 5.88 Å². The maximum atomic E-state index is 13.0. The quantitative estimate of drug-likeness (QED) is 0.577. The first-order chi connectivity index (χ1) is 11.8. The predicted octanol–water partition coefficient (Wildman–Crippen LogP) is 3.51. The Hall–Kier alpha value is -3.28. The van der Waals surface area contributed by atoms with Gasteiger partial charge in [-0.15, -0.1) is 0 Å². The van der Waals surface area contributed by atoms with Crippen LogP contribution in [-0.4, -0.2) is 19.4 Å². The Labute approximate surface area is 137 Å². The average Bonchev–Trinajstić information content (AvgIpc) is 3.03. The number of pyridine rings is 1. The Morgan fingerprint density at radius 2 is 1.83 bits per heavy atom. The number of benzene rings is 1. The molecule has 0 aliphatic heterocycles. The smallest absolute Gasteiger partial charge is 0.234 e. The van der Waals surface area contributed by atoms with Gasteiger partial charge in [0, 0.05) is 36.4 Å². The number of hydrogen-bond donors (Lipinski definition) is 0. The average molecular weight is 320 g/mol. The number of aromatic nitrogens is 4. The molecule has 0 aliphatic carbocycles. The fourth-order valence-corrected chi connectivity index (χ4v) is 2.38. The monoisotopic (exact) mass is 320 g/mol. The van der Waals surface area contributed by atoms with E-state index in [4.69, 9.17) is 4.74 Å². The minimum atomic E-state index is -0.260. The van der Waals surface area contributed by atoms with Crippen LogP contribution in [0.15, 0.2) is 67.3 Å². The van der Waals surface area contributed by atoms with Gasteiger partial charge in [0.15, 0.2) is 0 Å². The lowest BCUT2D eigenvalue weighted by atomic mass is 10.1. The maximum Gasteiger partial charge on any atom is 0.234 e. The van der Waals surface area contributed by atoms with Crippen molar-refractivity contribution < 1.29 is 9.13 Å². The van der Waals surface area contributed by atoms with Crippen molar-refractivity contribution in [1.29, 1.82) is 0 Å². The summed E-state index contributed by atoms with van der Waals surface area (Å²) >= 11 is 0. The van der Waals surface area contributed by atoms with E-state index in [1.807, 2.05) is 28.9 Å². The summed E-state index contributed by atoms with van der Waals surface area (Å²) in [6.07, 6.45) is 7.17. The van der Waals surface area contributed by atoms with E-state index < -0.39 is 0 Å². The third-order valence-electron chi connectivity index (χ3n) is 3.54. The number of rotatable bonds is 4. The van der Waals surface area contributed by atoms with Gasteiger partial charge in [-0.05, 0) is 23.8 Å². The molecular weight excluding hydrogens is 307 g/mol. The number of nitrogens with zero attached hydrogens (tertiary/aromatic N) is 4. The standard InChI is InChI=1S/C18H13FN4O/c19-15-6-4-13(5-7-15)14-9-21-18-22-16(11-23(18)10-14)12-24-17-3-1-2-8-20-17/h1-11H,12H2. The van der Waals surface area contributed by atoms with E-state index in [2.05, 4.69) is 15.0 Å². The number of halogens is 1. The zero-order valence-electron chi connectivity index (χ0n) is 12.6. The van der Waals surface area contributed by atoms with Crippen molar-refractivity contribution in [2.24, 2.45) is 0 Å². The van der Waals surface area contributed by atoms with Gasteiger partial charge in [0.25, 0.3) is 0 Å². The van der Waals surface area contributed by atoms with Crippen LogP contribution in [0.3, 0.4) is 0 Å². The summed E-state index contributed by atoms with van der Waals surface area (Å²) in [7, 11) is 0. The van der Waals surface area contributed by atoms with Crippen molar-refractivity contribution in [3.8, 4) is 17.0 Å². The number of ether oxygens (including phenoxy) is 1. The van der Waals surface area contributed by atoms with Crippen LogP contribution in [0.1, 0.15) is 5.69 Å². The van der Waals surface area contributed by atoms with Crippen LogP contribution in [0.2, 0.25) is 0 Å². The molecule has 0 spiro atoms. The third-order valence-corrected chi connectivity index (χ3v) is 3.54. The van der Waals surface area contributed by atoms with Gasteiger partial charge in [-0.2, -0.15) is 0 Å². The van der Waals surface area contributed by atoms with Gasteiger partial charge in [-0.3, -0.25) is 4.40 Å². The fraction of sp³-hybridized carbons (Fsp3) is 0.0556. The number of hydrogen-bond acceptors (Lipinski definition) is 4. The van der Waals surface area contributed by atoms with Gasteiger partial charge >= 0.3 is 0 Å². The molecule has 1 aromatic carbocycles. The van der Waals surface area contributed by atoms with Gasteiger partial charge in [0.1, 0.15) is 12.4 Å². The molecule has 0 saturated heterocycles. The molecule has 0 atom stereocenters. The second-order valence-electron chi connectivity index (χ2n) is 5.25. The molecule has 24 heavy (non-hydrogen) atoms. The lowest BCUT2D eigenvalue weighted by Crippen LogP contribution is -1.96. The Bertz CT molecular complexity index is 967. The van der Waals surface area contributed by atoms with Crippen molar-refractivity contribution in [2.45, 2.75) is 6.61 Å². The van der Waals surface area contributed by atoms with E-state index in [0.717, 1.165) is 16.8 Å². The van der Waals surface area contributed by atoms with Crippen LogP contribution < -0.4 is 4.74 Å².